The molecule has 2 aromatic rings. The van der Waals surface area contributed by atoms with Crippen molar-refractivity contribution in [3.05, 3.63) is 63.6 Å². The normalized spacial score (nSPS) is 12.2. The zero-order valence-electron chi connectivity index (χ0n) is 12.1. The van der Waals surface area contributed by atoms with Crippen molar-refractivity contribution in [2.45, 2.75) is 19.4 Å². The lowest BCUT2D eigenvalue weighted by Gasteiger charge is -2.19. The summed E-state index contributed by atoms with van der Waals surface area (Å²) in [4.78, 5) is 0. The summed E-state index contributed by atoms with van der Waals surface area (Å²) in [5, 5.41) is 3.41. The van der Waals surface area contributed by atoms with Gasteiger partial charge in [0.15, 0.2) is 0 Å². The molecular formula is C17H20BrNO. The van der Waals surface area contributed by atoms with E-state index in [4.69, 9.17) is 4.74 Å². The van der Waals surface area contributed by atoms with E-state index in [-0.39, 0.29) is 0 Å². The fraction of sp³-hybridized carbons (Fsp3) is 0.294. The molecule has 0 aliphatic rings. The topological polar surface area (TPSA) is 21.3 Å². The molecule has 0 aliphatic carbocycles. The molecule has 0 bridgehead atoms. The number of likely N-dealkylation sites (N-methyl/N-ethyl adjacent to an activating group) is 1. The first-order valence-corrected chi connectivity index (χ1v) is 7.49. The fourth-order valence-corrected chi connectivity index (χ4v) is 2.88. The Bertz CT molecular complexity index is 583. The third-order valence-electron chi connectivity index (χ3n) is 3.53. The minimum atomic E-state index is 0.301. The average Bonchev–Trinajstić information content (AvgIpc) is 2.45. The van der Waals surface area contributed by atoms with Crippen molar-refractivity contribution < 1.29 is 4.74 Å². The summed E-state index contributed by atoms with van der Waals surface area (Å²) in [7, 11) is 3.71. The first-order chi connectivity index (χ1) is 9.63. The number of rotatable bonds is 5. The van der Waals surface area contributed by atoms with E-state index in [1.54, 1.807) is 7.11 Å². The van der Waals surface area contributed by atoms with Gasteiger partial charge in [0.1, 0.15) is 5.75 Å². The van der Waals surface area contributed by atoms with Crippen LogP contribution in [0.3, 0.4) is 0 Å². The van der Waals surface area contributed by atoms with Crippen LogP contribution in [0.1, 0.15) is 22.7 Å². The predicted octanol–water partition coefficient (Wildman–Crippen LogP) is 4.27. The molecule has 2 rings (SSSR count). The lowest BCUT2D eigenvalue weighted by Crippen LogP contribution is -2.19. The summed E-state index contributed by atoms with van der Waals surface area (Å²) >= 11 is 3.53. The monoisotopic (exact) mass is 333 g/mol. The highest BCUT2D eigenvalue weighted by Crippen LogP contribution is 2.25. The molecule has 106 valence electrons. The predicted molar refractivity (Wildman–Crippen MR) is 87.4 cm³/mol. The number of halogens is 1. The summed E-state index contributed by atoms with van der Waals surface area (Å²) < 4.78 is 6.39. The van der Waals surface area contributed by atoms with E-state index in [0.29, 0.717) is 6.04 Å². The van der Waals surface area contributed by atoms with E-state index in [1.807, 2.05) is 13.1 Å². The summed E-state index contributed by atoms with van der Waals surface area (Å²) in [5.74, 6) is 0.906. The van der Waals surface area contributed by atoms with Gasteiger partial charge in [-0.15, -0.1) is 0 Å². The summed E-state index contributed by atoms with van der Waals surface area (Å²) in [6.45, 7) is 2.13. The van der Waals surface area contributed by atoms with E-state index < -0.39 is 0 Å². The number of aryl methyl sites for hydroxylation is 1. The Morgan fingerprint density at radius 3 is 2.60 bits per heavy atom. The van der Waals surface area contributed by atoms with Gasteiger partial charge in [-0.05, 0) is 61.3 Å². The van der Waals surface area contributed by atoms with Gasteiger partial charge >= 0.3 is 0 Å². The van der Waals surface area contributed by atoms with Crippen LogP contribution in [-0.2, 0) is 6.42 Å². The van der Waals surface area contributed by atoms with Crippen LogP contribution in [-0.4, -0.2) is 14.2 Å². The minimum absolute atomic E-state index is 0.301. The van der Waals surface area contributed by atoms with Crippen LogP contribution in [0, 0.1) is 6.92 Å². The maximum absolute atomic E-state index is 5.27. The zero-order chi connectivity index (χ0) is 14.5. The molecule has 0 aliphatic heterocycles. The van der Waals surface area contributed by atoms with E-state index >= 15 is 0 Å². The Morgan fingerprint density at radius 1 is 1.20 bits per heavy atom. The SMILES string of the molecule is CNC(Cc1cccc(Br)c1)c1ccc(OC)cc1C. The molecule has 0 saturated carbocycles. The van der Waals surface area contributed by atoms with Crippen LogP contribution in [0.25, 0.3) is 0 Å². The summed E-state index contributed by atoms with van der Waals surface area (Å²) in [6.07, 6.45) is 0.961. The van der Waals surface area contributed by atoms with Crippen molar-refractivity contribution in [2.75, 3.05) is 14.2 Å². The van der Waals surface area contributed by atoms with Crippen molar-refractivity contribution >= 4 is 15.9 Å². The van der Waals surface area contributed by atoms with E-state index in [9.17, 15) is 0 Å². The Hall–Kier alpha value is -1.32. The maximum Gasteiger partial charge on any atom is 0.119 e. The number of hydrogen-bond acceptors (Lipinski definition) is 2. The van der Waals surface area contributed by atoms with Gasteiger partial charge < -0.3 is 10.1 Å². The highest BCUT2D eigenvalue weighted by molar-refractivity contribution is 9.10. The molecule has 0 spiro atoms. The van der Waals surface area contributed by atoms with Crippen LogP contribution >= 0.6 is 15.9 Å². The Balaban J connectivity index is 2.24. The average molecular weight is 334 g/mol. The van der Waals surface area contributed by atoms with Gasteiger partial charge in [-0.25, -0.2) is 0 Å². The van der Waals surface area contributed by atoms with Crippen molar-refractivity contribution in [2.24, 2.45) is 0 Å². The first kappa shape index (κ1) is 15.1. The fourth-order valence-electron chi connectivity index (χ4n) is 2.43. The highest BCUT2D eigenvalue weighted by atomic mass is 79.9. The van der Waals surface area contributed by atoms with Gasteiger partial charge in [0.2, 0.25) is 0 Å². The number of ether oxygens (including phenoxy) is 1. The molecule has 0 radical (unpaired) electrons. The zero-order valence-corrected chi connectivity index (χ0v) is 13.7. The van der Waals surface area contributed by atoms with E-state index in [1.165, 1.54) is 16.7 Å². The highest BCUT2D eigenvalue weighted by Gasteiger charge is 2.13. The van der Waals surface area contributed by atoms with Crippen molar-refractivity contribution in [3.63, 3.8) is 0 Å². The Labute approximate surface area is 129 Å². The van der Waals surface area contributed by atoms with Crippen LogP contribution in [0.5, 0.6) is 5.75 Å². The number of methoxy groups -OCH3 is 1. The Kier molecular flexibility index (Phi) is 5.21. The summed E-state index contributed by atoms with van der Waals surface area (Å²) in [5.41, 5.74) is 3.88. The van der Waals surface area contributed by atoms with Crippen LogP contribution in [0.2, 0.25) is 0 Å². The van der Waals surface area contributed by atoms with Crippen molar-refractivity contribution in [3.8, 4) is 5.75 Å². The molecule has 0 fully saturated rings. The molecule has 2 aromatic carbocycles. The maximum atomic E-state index is 5.27. The quantitative estimate of drug-likeness (QED) is 0.882. The molecule has 0 saturated heterocycles. The van der Waals surface area contributed by atoms with Crippen molar-refractivity contribution in [1.82, 2.24) is 5.32 Å². The second-order valence-corrected chi connectivity index (χ2v) is 5.81. The molecule has 1 N–H and O–H groups in total. The van der Waals surface area contributed by atoms with E-state index in [2.05, 4.69) is 64.6 Å². The molecular weight excluding hydrogens is 314 g/mol. The standard InChI is InChI=1S/C17H20BrNO/c1-12-9-15(20-3)7-8-16(12)17(19-2)11-13-5-4-6-14(18)10-13/h4-10,17,19H,11H2,1-3H3. The molecule has 3 heteroatoms. The van der Waals surface area contributed by atoms with Crippen molar-refractivity contribution in [1.29, 1.82) is 0 Å². The lowest BCUT2D eigenvalue weighted by atomic mass is 9.95. The molecule has 1 atom stereocenters. The molecule has 0 amide bonds. The first-order valence-electron chi connectivity index (χ1n) is 6.70. The van der Waals surface area contributed by atoms with Crippen LogP contribution in [0.15, 0.2) is 46.9 Å². The smallest absolute Gasteiger partial charge is 0.119 e. The Morgan fingerprint density at radius 2 is 2.00 bits per heavy atom. The molecule has 20 heavy (non-hydrogen) atoms. The van der Waals surface area contributed by atoms with Gasteiger partial charge in [0.05, 0.1) is 7.11 Å². The minimum Gasteiger partial charge on any atom is -0.497 e. The van der Waals surface area contributed by atoms with Gasteiger partial charge in [-0.3, -0.25) is 0 Å². The number of nitrogens with one attached hydrogen (secondary N) is 1. The van der Waals surface area contributed by atoms with Crippen LogP contribution in [0.4, 0.5) is 0 Å². The third-order valence-corrected chi connectivity index (χ3v) is 4.02. The van der Waals surface area contributed by atoms with Gasteiger partial charge in [0, 0.05) is 10.5 Å². The number of benzene rings is 2. The summed E-state index contributed by atoms with van der Waals surface area (Å²) in [6, 6.07) is 15.0. The molecule has 1 unspecified atom stereocenters. The van der Waals surface area contributed by atoms with Gasteiger partial charge in [-0.2, -0.15) is 0 Å². The molecule has 0 aromatic heterocycles. The molecule has 2 nitrogen and oxygen atoms in total. The van der Waals surface area contributed by atoms with Gasteiger partial charge in [0.25, 0.3) is 0 Å². The number of hydrogen-bond donors (Lipinski definition) is 1. The van der Waals surface area contributed by atoms with Gasteiger partial charge in [-0.1, -0.05) is 34.1 Å². The second-order valence-electron chi connectivity index (χ2n) is 4.90. The third kappa shape index (κ3) is 3.62. The van der Waals surface area contributed by atoms with E-state index in [0.717, 1.165) is 16.6 Å². The molecule has 0 heterocycles. The lowest BCUT2D eigenvalue weighted by molar-refractivity contribution is 0.414. The second kappa shape index (κ2) is 6.91. The largest absolute Gasteiger partial charge is 0.497 e. The van der Waals surface area contributed by atoms with Crippen LogP contribution < -0.4 is 10.1 Å².